The summed E-state index contributed by atoms with van der Waals surface area (Å²) in [5.74, 6) is -0.232. The topological polar surface area (TPSA) is 64.7 Å². The minimum atomic E-state index is -0.194. The summed E-state index contributed by atoms with van der Waals surface area (Å²) in [5, 5.41) is 7.95. The summed E-state index contributed by atoms with van der Waals surface area (Å²) in [6.45, 7) is 6.21. The molecule has 0 unspecified atom stereocenters. The number of nitrogens with one attached hydrogen (secondary N) is 2. The van der Waals surface area contributed by atoms with Crippen LogP contribution in [0.15, 0.2) is 60.0 Å². The highest BCUT2D eigenvalue weighted by atomic mass is 32.1. The van der Waals surface area contributed by atoms with E-state index in [1.807, 2.05) is 24.3 Å². The van der Waals surface area contributed by atoms with Gasteiger partial charge in [0.15, 0.2) is 0 Å². The molecule has 0 atom stereocenters. The molecule has 2 aromatic carbocycles. The highest BCUT2D eigenvalue weighted by Crippen LogP contribution is 2.25. The van der Waals surface area contributed by atoms with E-state index in [0.717, 1.165) is 50.3 Å². The van der Waals surface area contributed by atoms with Crippen molar-refractivity contribution in [3.63, 3.8) is 0 Å². The molecule has 3 aromatic rings. The van der Waals surface area contributed by atoms with E-state index in [-0.39, 0.29) is 11.8 Å². The molecule has 0 spiro atoms. The lowest BCUT2D eigenvalue weighted by Crippen LogP contribution is -2.44. The van der Waals surface area contributed by atoms with E-state index in [1.165, 1.54) is 10.6 Å². The second-order valence-corrected chi connectivity index (χ2v) is 9.84. The molecule has 2 amide bonds. The number of thiophene rings is 1. The Morgan fingerprint density at radius 3 is 2.47 bits per heavy atom. The second-order valence-electron chi connectivity index (χ2n) is 8.81. The van der Waals surface area contributed by atoms with E-state index < -0.39 is 0 Å². The van der Waals surface area contributed by atoms with E-state index >= 15 is 0 Å². The molecule has 4 rings (SSSR count). The molecule has 6 nitrogen and oxygen atoms in total. The van der Waals surface area contributed by atoms with E-state index in [9.17, 15) is 9.59 Å². The maximum atomic E-state index is 12.9. The van der Waals surface area contributed by atoms with E-state index in [2.05, 4.69) is 51.9 Å². The van der Waals surface area contributed by atoms with Gasteiger partial charge in [0.2, 0.25) is 5.91 Å². The summed E-state index contributed by atoms with van der Waals surface area (Å²) < 4.78 is 0. The number of rotatable bonds is 8. The molecule has 1 aliphatic rings. The Bertz CT molecular complexity index is 1120. The van der Waals surface area contributed by atoms with Gasteiger partial charge in [-0.05, 0) is 80.2 Å². The minimum absolute atomic E-state index is 0.0377. The number of carbonyl (C=O) groups excluding carboxylic acids is 2. The van der Waals surface area contributed by atoms with Gasteiger partial charge in [-0.25, -0.2) is 0 Å². The van der Waals surface area contributed by atoms with Gasteiger partial charge in [0, 0.05) is 60.1 Å². The number of carbonyl (C=O) groups is 2. The first-order chi connectivity index (χ1) is 16.5. The minimum Gasteiger partial charge on any atom is -0.369 e. The normalized spacial score (nSPS) is 14.1. The number of nitrogens with zero attached hydrogens (tertiary/aromatic N) is 2. The molecular formula is C27H32N4O2S. The fourth-order valence-corrected chi connectivity index (χ4v) is 4.93. The first-order valence-electron chi connectivity index (χ1n) is 11.8. The SMILES string of the molecule is Cc1cc(NC(=O)c2cccc(NC(=O)CCCc3cccs3)c2)ccc1N1CCN(C)CC1. The van der Waals surface area contributed by atoms with Crippen LogP contribution in [0.25, 0.3) is 0 Å². The number of benzene rings is 2. The predicted octanol–water partition coefficient (Wildman–Crippen LogP) is 5.02. The maximum Gasteiger partial charge on any atom is 0.255 e. The van der Waals surface area contributed by atoms with E-state index in [1.54, 1.807) is 29.5 Å². The monoisotopic (exact) mass is 476 g/mol. The summed E-state index contributed by atoms with van der Waals surface area (Å²) in [6.07, 6.45) is 2.16. The van der Waals surface area contributed by atoms with Crippen molar-refractivity contribution in [2.75, 3.05) is 48.8 Å². The average Bonchev–Trinajstić information content (AvgIpc) is 3.34. The van der Waals surface area contributed by atoms with Gasteiger partial charge in [-0.3, -0.25) is 9.59 Å². The van der Waals surface area contributed by atoms with Crippen LogP contribution in [0.4, 0.5) is 17.1 Å². The maximum absolute atomic E-state index is 12.9. The molecule has 0 saturated carbocycles. The highest BCUT2D eigenvalue weighted by molar-refractivity contribution is 7.09. The number of amides is 2. The van der Waals surface area contributed by atoms with Crippen LogP contribution < -0.4 is 15.5 Å². The number of piperazine rings is 1. The predicted molar refractivity (Wildman–Crippen MR) is 141 cm³/mol. The van der Waals surface area contributed by atoms with E-state index in [0.29, 0.717) is 17.7 Å². The third kappa shape index (κ3) is 6.46. The highest BCUT2D eigenvalue weighted by Gasteiger charge is 2.16. The third-order valence-corrected chi connectivity index (χ3v) is 7.05. The van der Waals surface area contributed by atoms with Gasteiger partial charge in [-0.1, -0.05) is 12.1 Å². The molecule has 0 aliphatic carbocycles. The smallest absolute Gasteiger partial charge is 0.255 e. The molecule has 7 heteroatoms. The van der Waals surface area contributed by atoms with Crippen LogP contribution in [0, 0.1) is 6.92 Å². The number of likely N-dealkylation sites (N-methyl/N-ethyl adjacent to an activating group) is 1. The van der Waals surface area contributed by atoms with E-state index in [4.69, 9.17) is 0 Å². The molecule has 2 N–H and O–H groups in total. The summed E-state index contributed by atoms with van der Waals surface area (Å²) >= 11 is 1.71. The lowest BCUT2D eigenvalue weighted by Gasteiger charge is -2.35. The Kier molecular flexibility index (Phi) is 7.98. The van der Waals surface area contributed by atoms with Crippen molar-refractivity contribution in [1.29, 1.82) is 0 Å². The molecule has 34 heavy (non-hydrogen) atoms. The van der Waals surface area contributed by atoms with Gasteiger partial charge in [0.05, 0.1) is 0 Å². The van der Waals surface area contributed by atoms with Crippen LogP contribution in [-0.4, -0.2) is 49.9 Å². The van der Waals surface area contributed by atoms with Crippen LogP contribution in [0.3, 0.4) is 0 Å². The van der Waals surface area contributed by atoms with Gasteiger partial charge in [-0.2, -0.15) is 0 Å². The lowest BCUT2D eigenvalue weighted by atomic mass is 10.1. The van der Waals surface area contributed by atoms with Crippen molar-refractivity contribution in [1.82, 2.24) is 4.90 Å². The Morgan fingerprint density at radius 1 is 0.941 bits per heavy atom. The van der Waals surface area contributed by atoms with Crippen LogP contribution >= 0.6 is 11.3 Å². The van der Waals surface area contributed by atoms with Gasteiger partial charge >= 0.3 is 0 Å². The largest absolute Gasteiger partial charge is 0.369 e. The third-order valence-electron chi connectivity index (χ3n) is 6.11. The van der Waals surface area contributed by atoms with Crippen LogP contribution in [0.5, 0.6) is 0 Å². The van der Waals surface area contributed by atoms with Gasteiger partial charge in [0.25, 0.3) is 5.91 Å². The van der Waals surface area contributed by atoms with Gasteiger partial charge in [-0.15, -0.1) is 11.3 Å². The molecule has 178 valence electrons. The fourth-order valence-electron chi connectivity index (χ4n) is 4.18. The standard InChI is InChI=1S/C27H32N4O2S/c1-20-18-23(11-12-25(20)31-15-13-30(2)14-16-31)29-27(33)21-6-3-7-22(19-21)28-26(32)10-4-8-24-9-5-17-34-24/h3,5-7,9,11-12,17-19H,4,8,10,13-16H2,1-2H3,(H,28,32)(H,29,33). The Morgan fingerprint density at radius 2 is 1.74 bits per heavy atom. The fraction of sp³-hybridized carbons (Fsp3) is 0.333. The van der Waals surface area contributed by atoms with Gasteiger partial charge in [0.1, 0.15) is 0 Å². The molecule has 1 fully saturated rings. The molecule has 1 aromatic heterocycles. The second kappa shape index (κ2) is 11.3. The Hall–Kier alpha value is -3.16. The van der Waals surface area contributed by atoms with Crippen LogP contribution in [0.1, 0.15) is 33.6 Å². The average molecular weight is 477 g/mol. The van der Waals surface area contributed by atoms with Crippen molar-refractivity contribution in [3.05, 3.63) is 76.0 Å². The summed E-state index contributed by atoms with van der Waals surface area (Å²) in [5.41, 5.74) is 4.27. The van der Waals surface area contributed by atoms with Crippen molar-refractivity contribution in [2.45, 2.75) is 26.2 Å². The summed E-state index contributed by atoms with van der Waals surface area (Å²) in [6, 6.07) is 17.3. The zero-order valence-electron chi connectivity index (χ0n) is 19.8. The summed E-state index contributed by atoms with van der Waals surface area (Å²) in [7, 11) is 2.15. The lowest BCUT2D eigenvalue weighted by molar-refractivity contribution is -0.116. The first kappa shape index (κ1) is 24.0. The summed E-state index contributed by atoms with van der Waals surface area (Å²) in [4.78, 5) is 31.2. The van der Waals surface area contributed by atoms with Crippen molar-refractivity contribution in [3.8, 4) is 0 Å². The van der Waals surface area contributed by atoms with Crippen molar-refractivity contribution < 1.29 is 9.59 Å². The molecule has 0 radical (unpaired) electrons. The molecule has 1 saturated heterocycles. The van der Waals surface area contributed by atoms with Crippen LogP contribution in [-0.2, 0) is 11.2 Å². The zero-order valence-corrected chi connectivity index (χ0v) is 20.7. The van der Waals surface area contributed by atoms with Crippen LogP contribution in [0.2, 0.25) is 0 Å². The van der Waals surface area contributed by atoms with Gasteiger partial charge < -0.3 is 20.4 Å². The first-order valence-corrected chi connectivity index (χ1v) is 12.6. The Balaban J connectivity index is 1.32. The Labute approximate surface area is 205 Å². The van der Waals surface area contributed by atoms with Crippen molar-refractivity contribution >= 4 is 40.2 Å². The molecule has 2 heterocycles. The van der Waals surface area contributed by atoms with Crippen molar-refractivity contribution in [2.24, 2.45) is 0 Å². The zero-order chi connectivity index (χ0) is 23.9. The molecule has 0 bridgehead atoms. The molecular weight excluding hydrogens is 444 g/mol. The number of hydrogen-bond acceptors (Lipinski definition) is 5. The quantitative estimate of drug-likeness (QED) is 0.479. The number of aryl methyl sites for hydroxylation is 2. The number of hydrogen-bond donors (Lipinski definition) is 2. The molecule has 1 aliphatic heterocycles. The number of anilines is 3.